The minimum absolute atomic E-state index is 0.301. The van der Waals surface area contributed by atoms with Crippen molar-refractivity contribution in [2.24, 2.45) is 7.05 Å². The van der Waals surface area contributed by atoms with Crippen LogP contribution < -0.4 is 10.1 Å². The van der Waals surface area contributed by atoms with Crippen LogP contribution in [0.25, 0.3) is 0 Å². The zero-order valence-corrected chi connectivity index (χ0v) is 10.5. The molecule has 0 radical (unpaired) electrons. The maximum Gasteiger partial charge on any atom is 0.145 e. The SMILES string of the molecule is CCOc1cc(F)ccc1NCc1cncn1C. The Morgan fingerprint density at radius 2 is 2.28 bits per heavy atom. The van der Waals surface area contributed by atoms with Gasteiger partial charge in [-0.2, -0.15) is 0 Å². The highest BCUT2D eigenvalue weighted by Gasteiger charge is 2.06. The summed E-state index contributed by atoms with van der Waals surface area (Å²) in [6.45, 7) is 2.99. The Kier molecular flexibility index (Phi) is 3.82. The average Bonchev–Trinajstić information content (AvgIpc) is 2.74. The highest BCUT2D eigenvalue weighted by atomic mass is 19.1. The third-order valence-corrected chi connectivity index (χ3v) is 2.62. The lowest BCUT2D eigenvalue weighted by atomic mass is 10.2. The van der Waals surface area contributed by atoms with Crippen molar-refractivity contribution >= 4 is 5.69 Å². The molecular weight excluding hydrogens is 233 g/mol. The van der Waals surface area contributed by atoms with Crippen LogP contribution in [0.2, 0.25) is 0 Å². The van der Waals surface area contributed by atoms with E-state index in [0.717, 1.165) is 11.4 Å². The van der Waals surface area contributed by atoms with Crippen LogP contribution in [-0.4, -0.2) is 16.2 Å². The van der Waals surface area contributed by atoms with Crippen molar-refractivity contribution in [3.63, 3.8) is 0 Å². The van der Waals surface area contributed by atoms with E-state index in [1.165, 1.54) is 12.1 Å². The van der Waals surface area contributed by atoms with Crippen LogP contribution in [0.4, 0.5) is 10.1 Å². The first kappa shape index (κ1) is 12.4. The van der Waals surface area contributed by atoms with Crippen LogP contribution in [0.3, 0.4) is 0 Å². The highest BCUT2D eigenvalue weighted by molar-refractivity contribution is 5.56. The maximum absolute atomic E-state index is 13.1. The molecule has 0 aliphatic carbocycles. The summed E-state index contributed by atoms with van der Waals surface area (Å²) in [5.74, 6) is 0.226. The summed E-state index contributed by atoms with van der Waals surface area (Å²) in [5, 5.41) is 3.22. The van der Waals surface area contributed by atoms with Crippen LogP contribution in [-0.2, 0) is 13.6 Å². The second-order valence-electron chi connectivity index (χ2n) is 3.92. The smallest absolute Gasteiger partial charge is 0.145 e. The number of hydrogen-bond donors (Lipinski definition) is 1. The van der Waals surface area contributed by atoms with Gasteiger partial charge < -0.3 is 14.6 Å². The molecule has 0 saturated heterocycles. The maximum atomic E-state index is 13.1. The molecule has 0 unspecified atom stereocenters. The second-order valence-corrected chi connectivity index (χ2v) is 3.92. The molecule has 0 amide bonds. The molecule has 18 heavy (non-hydrogen) atoms. The second kappa shape index (κ2) is 5.53. The number of benzene rings is 1. The van der Waals surface area contributed by atoms with Crippen molar-refractivity contribution in [3.05, 3.63) is 42.2 Å². The molecule has 0 atom stereocenters. The van der Waals surface area contributed by atoms with Crippen molar-refractivity contribution in [1.29, 1.82) is 0 Å². The van der Waals surface area contributed by atoms with Gasteiger partial charge in [0.1, 0.15) is 11.6 Å². The summed E-state index contributed by atoms with van der Waals surface area (Å²) in [6.07, 6.45) is 3.53. The molecule has 1 aromatic heterocycles. The molecule has 0 fully saturated rings. The molecule has 5 heteroatoms. The highest BCUT2D eigenvalue weighted by Crippen LogP contribution is 2.25. The van der Waals surface area contributed by atoms with Crippen molar-refractivity contribution in [1.82, 2.24) is 9.55 Å². The molecule has 2 aromatic rings. The fourth-order valence-electron chi connectivity index (χ4n) is 1.66. The Morgan fingerprint density at radius 3 is 2.94 bits per heavy atom. The minimum Gasteiger partial charge on any atom is -0.492 e. The van der Waals surface area contributed by atoms with Gasteiger partial charge in [-0.05, 0) is 19.1 Å². The average molecular weight is 249 g/mol. The quantitative estimate of drug-likeness (QED) is 0.885. The van der Waals surface area contributed by atoms with Crippen molar-refractivity contribution < 1.29 is 9.13 Å². The van der Waals surface area contributed by atoms with Gasteiger partial charge in [-0.15, -0.1) is 0 Å². The number of aryl methyl sites for hydroxylation is 1. The van der Waals surface area contributed by atoms with Gasteiger partial charge in [0.25, 0.3) is 0 Å². The largest absolute Gasteiger partial charge is 0.492 e. The van der Waals surface area contributed by atoms with E-state index in [2.05, 4.69) is 10.3 Å². The van der Waals surface area contributed by atoms with E-state index in [1.54, 1.807) is 18.6 Å². The van der Waals surface area contributed by atoms with Gasteiger partial charge in [-0.3, -0.25) is 0 Å². The summed E-state index contributed by atoms with van der Waals surface area (Å²) in [4.78, 5) is 4.04. The van der Waals surface area contributed by atoms with E-state index in [4.69, 9.17) is 4.74 Å². The number of rotatable bonds is 5. The Bertz CT molecular complexity index is 525. The molecular formula is C13H16FN3O. The zero-order chi connectivity index (χ0) is 13.0. The van der Waals surface area contributed by atoms with E-state index in [9.17, 15) is 4.39 Å². The zero-order valence-electron chi connectivity index (χ0n) is 10.5. The predicted octanol–water partition coefficient (Wildman–Crippen LogP) is 2.57. The van der Waals surface area contributed by atoms with Crippen molar-refractivity contribution in [2.45, 2.75) is 13.5 Å². The number of halogens is 1. The Labute approximate surface area is 105 Å². The van der Waals surface area contributed by atoms with Crippen LogP contribution in [0, 0.1) is 5.82 Å². The molecule has 96 valence electrons. The lowest BCUT2D eigenvalue weighted by Gasteiger charge is -2.12. The van der Waals surface area contributed by atoms with Gasteiger partial charge in [0, 0.05) is 19.3 Å². The van der Waals surface area contributed by atoms with Gasteiger partial charge in [0.2, 0.25) is 0 Å². The number of nitrogens with one attached hydrogen (secondary N) is 1. The summed E-state index contributed by atoms with van der Waals surface area (Å²) in [7, 11) is 1.93. The van der Waals surface area contributed by atoms with Gasteiger partial charge in [0.15, 0.2) is 0 Å². The molecule has 1 aromatic carbocycles. The third kappa shape index (κ3) is 2.80. The Balaban J connectivity index is 2.11. The monoisotopic (exact) mass is 249 g/mol. The summed E-state index contributed by atoms with van der Waals surface area (Å²) in [6, 6.07) is 4.47. The standard InChI is InChI=1S/C13H16FN3O/c1-3-18-13-6-10(14)4-5-12(13)16-8-11-7-15-9-17(11)2/h4-7,9,16H,3,8H2,1-2H3. The number of aromatic nitrogens is 2. The van der Waals surface area contributed by atoms with Crippen LogP contribution in [0.1, 0.15) is 12.6 Å². The molecule has 0 spiro atoms. The normalized spacial score (nSPS) is 10.4. The van der Waals surface area contributed by atoms with E-state index in [0.29, 0.717) is 18.9 Å². The summed E-state index contributed by atoms with van der Waals surface area (Å²) in [5.41, 5.74) is 1.82. The van der Waals surface area contributed by atoms with E-state index in [1.807, 2.05) is 18.5 Å². The predicted molar refractivity (Wildman–Crippen MR) is 68.1 cm³/mol. The Morgan fingerprint density at radius 1 is 1.44 bits per heavy atom. The number of anilines is 1. The number of nitrogens with zero attached hydrogens (tertiary/aromatic N) is 2. The van der Waals surface area contributed by atoms with Crippen LogP contribution >= 0.6 is 0 Å². The topological polar surface area (TPSA) is 39.1 Å². The number of hydrogen-bond acceptors (Lipinski definition) is 3. The van der Waals surface area contributed by atoms with Crippen molar-refractivity contribution in [3.8, 4) is 5.75 Å². The fourth-order valence-corrected chi connectivity index (χ4v) is 1.66. The van der Waals surface area contributed by atoms with E-state index in [-0.39, 0.29) is 5.82 Å². The van der Waals surface area contributed by atoms with Crippen LogP contribution in [0.5, 0.6) is 5.75 Å². The molecule has 0 saturated carbocycles. The molecule has 1 N–H and O–H groups in total. The Hall–Kier alpha value is -2.04. The van der Waals surface area contributed by atoms with Gasteiger partial charge in [0.05, 0.1) is 30.9 Å². The number of imidazole rings is 1. The lowest BCUT2D eigenvalue weighted by molar-refractivity contribution is 0.339. The first-order chi connectivity index (χ1) is 8.70. The first-order valence-electron chi connectivity index (χ1n) is 5.82. The van der Waals surface area contributed by atoms with E-state index < -0.39 is 0 Å². The molecule has 0 bridgehead atoms. The summed E-state index contributed by atoms with van der Waals surface area (Å²) >= 11 is 0. The van der Waals surface area contributed by atoms with Gasteiger partial charge >= 0.3 is 0 Å². The number of ether oxygens (including phenoxy) is 1. The minimum atomic E-state index is -0.301. The molecule has 0 aliphatic rings. The fraction of sp³-hybridized carbons (Fsp3) is 0.308. The lowest BCUT2D eigenvalue weighted by Crippen LogP contribution is -2.06. The van der Waals surface area contributed by atoms with E-state index >= 15 is 0 Å². The summed E-state index contributed by atoms with van der Waals surface area (Å²) < 4.78 is 20.4. The third-order valence-electron chi connectivity index (χ3n) is 2.62. The molecule has 1 heterocycles. The van der Waals surface area contributed by atoms with Crippen LogP contribution in [0.15, 0.2) is 30.7 Å². The van der Waals surface area contributed by atoms with Crippen molar-refractivity contribution in [2.75, 3.05) is 11.9 Å². The molecule has 0 aliphatic heterocycles. The molecule has 2 rings (SSSR count). The first-order valence-corrected chi connectivity index (χ1v) is 5.82. The molecule has 4 nitrogen and oxygen atoms in total. The van der Waals surface area contributed by atoms with Gasteiger partial charge in [-0.25, -0.2) is 9.37 Å². The van der Waals surface area contributed by atoms with Gasteiger partial charge in [-0.1, -0.05) is 0 Å².